The molecule has 1 heterocycles. The van der Waals surface area contributed by atoms with Crippen LogP contribution >= 0.6 is 11.6 Å². The van der Waals surface area contributed by atoms with Crippen LogP contribution in [0, 0.1) is 6.92 Å². The third kappa shape index (κ3) is 2.35. The molecule has 2 rings (SSSR count). The van der Waals surface area contributed by atoms with E-state index in [-0.39, 0.29) is 12.1 Å². The third-order valence-electron chi connectivity index (χ3n) is 2.88. The Morgan fingerprint density at radius 3 is 2.59 bits per heavy atom. The summed E-state index contributed by atoms with van der Waals surface area (Å²) in [5.41, 5.74) is 7.12. The van der Waals surface area contributed by atoms with Crippen LogP contribution in [0.25, 0.3) is 0 Å². The molecule has 0 aliphatic rings. The molecule has 2 aromatic rings. The van der Waals surface area contributed by atoms with Crippen molar-refractivity contribution < 1.29 is 0 Å². The van der Waals surface area contributed by atoms with Gasteiger partial charge in [0.25, 0.3) is 0 Å². The van der Waals surface area contributed by atoms with E-state index in [0.29, 0.717) is 0 Å². The lowest BCUT2D eigenvalue weighted by Gasteiger charge is -2.25. The first-order valence-corrected chi connectivity index (χ1v) is 5.98. The fourth-order valence-corrected chi connectivity index (χ4v) is 2.33. The lowest BCUT2D eigenvalue weighted by Crippen LogP contribution is -2.30. The van der Waals surface area contributed by atoms with Crippen molar-refractivity contribution in [2.75, 3.05) is 0 Å². The zero-order valence-electron chi connectivity index (χ0n) is 9.97. The van der Waals surface area contributed by atoms with Crippen molar-refractivity contribution in [3.63, 3.8) is 0 Å². The summed E-state index contributed by atoms with van der Waals surface area (Å²) in [6.07, 6.45) is 3.72. The second kappa shape index (κ2) is 4.90. The van der Waals surface area contributed by atoms with E-state index in [4.69, 9.17) is 17.3 Å². The molecule has 0 radical (unpaired) electrons. The normalized spacial score (nSPS) is 14.6. The molecule has 0 aliphatic heterocycles. The van der Waals surface area contributed by atoms with Gasteiger partial charge < -0.3 is 10.3 Å². The van der Waals surface area contributed by atoms with Crippen molar-refractivity contribution in [2.24, 2.45) is 5.73 Å². The molecular formula is C13H16ClN3. The zero-order valence-corrected chi connectivity index (χ0v) is 10.7. The number of nitrogens with two attached hydrogens (primary N) is 1. The largest absolute Gasteiger partial charge is 0.326 e. The predicted octanol–water partition coefficient (Wildman–Crippen LogP) is 2.78. The van der Waals surface area contributed by atoms with Gasteiger partial charge in [-0.2, -0.15) is 0 Å². The molecule has 0 fully saturated rings. The second-order valence-electron chi connectivity index (χ2n) is 4.21. The summed E-state index contributed by atoms with van der Waals surface area (Å²) in [5, 5.41) is 0.739. The van der Waals surface area contributed by atoms with Gasteiger partial charge in [-0.25, -0.2) is 4.98 Å². The molecule has 3 nitrogen and oxygen atoms in total. The number of hydrogen-bond donors (Lipinski definition) is 1. The fraction of sp³-hybridized carbons (Fsp3) is 0.308. The van der Waals surface area contributed by atoms with Crippen LogP contribution in [0.1, 0.15) is 24.4 Å². The van der Waals surface area contributed by atoms with Crippen LogP contribution in [-0.2, 0) is 0 Å². The monoisotopic (exact) mass is 249 g/mol. The Hall–Kier alpha value is -1.32. The van der Waals surface area contributed by atoms with Crippen molar-refractivity contribution in [3.05, 3.63) is 53.1 Å². The zero-order chi connectivity index (χ0) is 12.4. The minimum absolute atomic E-state index is 0.0196. The van der Waals surface area contributed by atoms with Gasteiger partial charge in [0.05, 0.1) is 6.04 Å². The number of imidazole rings is 1. The molecule has 2 unspecified atom stereocenters. The third-order valence-corrected chi connectivity index (χ3v) is 3.23. The van der Waals surface area contributed by atoms with Crippen LogP contribution in [0.5, 0.6) is 0 Å². The van der Waals surface area contributed by atoms with Gasteiger partial charge in [0.2, 0.25) is 0 Å². The van der Waals surface area contributed by atoms with Crippen LogP contribution in [0.4, 0.5) is 0 Å². The molecule has 17 heavy (non-hydrogen) atoms. The van der Waals surface area contributed by atoms with Crippen LogP contribution in [0.3, 0.4) is 0 Å². The van der Waals surface area contributed by atoms with Gasteiger partial charge in [0, 0.05) is 23.5 Å². The molecule has 0 aliphatic carbocycles. The first-order valence-electron chi connectivity index (χ1n) is 5.60. The second-order valence-corrected chi connectivity index (χ2v) is 4.61. The van der Waals surface area contributed by atoms with Crippen LogP contribution in [-0.4, -0.2) is 15.6 Å². The number of halogens is 1. The molecule has 2 N–H and O–H groups in total. The number of benzene rings is 1. The number of nitrogens with zero attached hydrogens (tertiary/aromatic N) is 2. The van der Waals surface area contributed by atoms with Crippen LogP contribution < -0.4 is 5.73 Å². The Morgan fingerprint density at radius 1 is 1.35 bits per heavy atom. The smallest absolute Gasteiger partial charge is 0.106 e. The van der Waals surface area contributed by atoms with Crippen LogP contribution in [0.15, 0.2) is 36.7 Å². The molecule has 1 aromatic heterocycles. The Bertz CT molecular complexity index is 505. The fourth-order valence-electron chi connectivity index (χ4n) is 2.08. The van der Waals surface area contributed by atoms with Crippen molar-refractivity contribution >= 4 is 11.6 Å². The lowest BCUT2D eigenvalue weighted by molar-refractivity contribution is 0.486. The standard InChI is InChI=1S/C13H16ClN3/c1-9(15)13(17-8-7-16-10(17)2)11-5-3-4-6-12(11)14/h3-9,13H,15H2,1-2H3. The van der Waals surface area contributed by atoms with Gasteiger partial charge in [0.15, 0.2) is 0 Å². The maximum absolute atomic E-state index is 6.24. The summed E-state index contributed by atoms with van der Waals surface area (Å²) in [5.74, 6) is 0.937. The van der Waals surface area contributed by atoms with E-state index in [1.807, 2.05) is 44.3 Å². The summed E-state index contributed by atoms with van der Waals surface area (Å²) in [6, 6.07) is 7.77. The maximum Gasteiger partial charge on any atom is 0.106 e. The summed E-state index contributed by atoms with van der Waals surface area (Å²) < 4.78 is 2.06. The van der Waals surface area contributed by atoms with E-state index < -0.39 is 0 Å². The van der Waals surface area contributed by atoms with E-state index in [2.05, 4.69) is 9.55 Å². The van der Waals surface area contributed by atoms with E-state index in [9.17, 15) is 0 Å². The molecular weight excluding hydrogens is 234 g/mol. The van der Waals surface area contributed by atoms with Gasteiger partial charge in [-0.3, -0.25) is 0 Å². The molecule has 2 atom stereocenters. The Balaban J connectivity index is 2.51. The first-order chi connectivity index (χ1) is 8.11. The number of hydrogen-bond acceptors (Lipinski definition) is 2. The van der Waals surface area contributed by atoms with Crippen molar-refractivity contribution in [1.29, 1.82) is 0 Å². The highest BCUT2D eigenvalue weighted by Gasteiger charge is 2.21. The highest BCUT2D eigenvalue weighted by atomic mass is 35.5. The molecule has 4 heteroatoms. The van der Waals surface area contributed by atoms with Crippen molar-refractivity contribution in [1.82, 2.24) is 9.55 Å². The Kier molecular flexibility index (Phi) is 3.50. The van der Waals surface area contributed by atoms with E-state index in [1.54, 1.807) is 6.20 Å². The minimum Gasteiger partial charge on any atom is -0.326 e. The summed E-state index contributed by atoms with van der Waals surface area (Å²) in [4.78, 5) is 4.24. The molecule has 0 saturated heterocycles. The van der Waals surface area contributed by atoms with Crippen molar-refractivity contribution in [2.45, 2.75) is 25.9 Å². The lowest BCUT2D eigenvalue weighted by atomic mass is 10.0. The summed E-state index contributed by atoms with van der Waals surface area (Å²) >= 11 is 6.24. The molecule has 0 amide bonds. The van der Waals surface area contributed by atoms with Gasteiger partial charge in [-0.15, -0.1) is 0 Å². The van der Waals surface area contributed by atoms with Gasteiger partial charge in [-0.1, -0.05) is 29.8 Å². The Morgan fingerprint density at radius 2 is 2.06 bits per heavy atom. The number of rotatable bonds is 3. The van der Waals surface area contributed by atoms with Gasteiger partial charge in [0.1, 0.15) is 5.82 Å². The predicted molar refractivity (Wildman–Crippen MR) is 70.2 cm³/mol. The van der Waals surface area contributed by atoms with E-state index >= 15 is 0 Å². The molecule has 0 spiro atoms. The topological polar surface area (TPSA) is 43.8 Å². The summed E-state index contributed by atoms with van der Waals surface area (Å²) in [6.45, 7) is 3.94. The first kappa shape index (κ1) is 12.1. The Labute approximate surface area is 106 Å². The van der Waals surface area contributed by atoms with Crippen LogP contribution in [0.2, 0.25) is 5.02 Å². The highest BCUT2D eigenvalue weighted by molar-refractivity contribution is 6.31. The van der Waals surface area contributed by atoms with Gasteiger partial charge in [-0.05, 0) is 25.5 Å². The number of aromatic nitrogens is 2. The maximum atomic E-state index is 6.24. The number of aryl methyl sites for hydroxylation is 1. The van der Waals surface area contributed by atoms with Crippen molar-refractivity contribution in [3.8, 4) is 0 Å². The SMILES string of the molecule is Cc1nccn1C(c1ccccc1Cl)C(C)N. The van der Waals surface area contributed by atoms with Gasteiger partial charge >= 0.3 is 0 Å². The van der Waals surface area contributed by atoms with E-state index in [0.717, 1.165) is 16.4 Å². The minimum atomic E-state index is -0.0391. The highest BCUT2D eigenvalue weighted by Crippen LogP contribution is 2.28. The quantitative estimate of drug-likeness (QED) is 0.909. The average Bonchev–Trinajstić information content (AvgIpc) is 2.68. The molecule has 0 saturated carbocycles. The summed E-state index contributed by atoms with van der Waals surface area (Å²) in [7, 11) is 0. The van der Waals surface area contributed by atoms with E-state index in [1.165, 1.54) is 0 Å². The average molecular weight is 250 g/mol. The molecule has 0 bridgehead atoms. The molecule has 90 valence electrons. The molecule has 1 aromatic carbocycles.